The Morgan fingerprint density at radius 3 is 2.14 bits per heavy atom. The fourth-order valence-electron chi connectivity index (χ4n) is 5.10. The van der Waals surface area contributed by atoms with Crippen LogP contribution in [0.3, 0.4) is 0 Å². The van der Waals surface area contributed by atoms with Gasteiger partial charge in [-0.1, -0.05) is 60.4 Å². The summed E-state index contributed by atoms with van der Waals surface area (Å²) in [5.41, 5.74) is 0.157. The first kappa shape index (κ1) is 30.1. The van der Waals surface area contributed by atoms with Crippen LogP contribution >= 0.6 is 0 Å². The van der Waals surface area contributed by atoms with Crippen molar-refractivity contribution in [1.29, 1.82) is 0 Å². The highest BCUT2D eigenvalue weighted by Gasteiger charge is 2.63. The van der Waals surface area contributed by atoms with Gasteiger partial charge >= 0.3 is 23.1 Å². The summed E-state index contributed by atoms with van der Waals surface area (Å²) in [5, 5.41) is 11.4. The number of imidazole rings is 1. The van der Waals surface area contributed by atoms with Crippen molar-refractivity contribution in [3.05, 3.63) is 22.5 Å². The van der Waals surface area contributed by atoms with Gasteiger partial charge in [-0.15, -0.1) is 0 Å². The summed E-state index contributed by atoms with van der Waals surface area (Å²) in [6.07, 6.45) is -0.988. The minimum absolute atomic E-state index is 0.0205. The third-order valence-electron chi connectivity index (χ3n) is 6.85. The Hall–Kier alpha value is -1.41. The second-order valence-corrected chi connectivity index (χ2v) is 21.2. The van der Waals surface area contributed by atoms with Gasteiger partial charge < -0.3 is 32.7 Å². The van der Waals surface area contributed by atoms with Crippen molar-refractivity contribution in [2.75, 3.05) is 12.9 Å². The molecular formula is C21H39N3O10SSi2. The minimum atomic E-state index is -4.00. The maximum absolute atomic E-state index is 12.3. The highest BCUT2D eigenvalue weighted by atomic mass is 32.2. The van der Waals surface area contributed by atoms with Crippen LogP contribution in [0.2, 0.25) is 22.2 Å². The summed E-state index contributed by atoms with van der Waals surface area (Å²) in [6, 6.07) is 0. The van der Waals surface area contributed by atoms with Gasteiger partial charge in [0.25, 0.3) is 16.4 Å². The van der Waals surface area contributed by atoms with E-state index < -0.39 is 62.7 Å². The van der Waals surface area contributed by atoms with Crippen molar-refractivity contribution < 1.29 is 40.1 Å². The van der Waals surface area contributed by atoms with Crippen molar-refractivity contribution >= 4 is 33.2 Å². The predicted octanol–water partition coefficient (Wildman–Crippen LogP) is 3.25. The molecule has 2 aliphatic rings. The summed E-state index contributed by atoms with van der Waals surface area (Å²) in [5.74, 6) is -0.592. The molecule has 0 saturated carbocycles. The lowest BCUT2D eigenvalue weighted by molar-refractivity contribution is -0.403. The van der Waals surface area contributed by atoms with Gasteiger partial charge in [0.15, 0.2) is 6.10 Å². The van der Waals surface area contributed by atoms with Crippen molar-refractivity contribution in [2.24, 2.45) is 0 Å². The molecular weight excluding hydrogens is 542 g/mol. The molecule has 4 atom stereocenters. The zero-order valence-electron chi connectivity index (χ0n) is 22.8. The average Bonchev–Trinajstić information content (AvgIpc) is 3.32. The first-order valence-electron chi connectivity index (χ1n) is 12.4. The van der Waals surface area contributed by atoms with Gasteiger partial charge in [0.1, 0.15) is 24.6 Å². The third-order valence-corrected chi connectivity index (χ3v) is 17.7. The highest BCUT2D eigenvalue weighted by molar-refractivity contribution is 7.86. The van der Waals surface area contributed by atoms with E-state index in [1.54, 1.807) is 0 Å². The van der Waals surface area contributed by atoms with Crippen molar-refractivity contribution in [1.82, 2.24) is 9.71 Å². The van der Waals surface area contributed by atoms with Gasteiger partial charge in [0, 0.05) is 0 Å². The number of rotatable bonds is 9. The monoisotopic (exact) mass is 581 g/mol. The SMILES string of the molecule is CC(C)[Si]1(C(C)C)OC[C@H]2O[C@@H](On3ccnc3[N+](=O)[O-])[C@H](OS(C)(=O)=O)[C@@H]2O[Si](C(C)C)(C(C)C)O1. The number of hydrogen-bond acceptors (Lipinski definition) is 11. The van der Waals surface area contributed by atoms with E-state index in [4.69, 9.17) is 26.7 Å². The maximum atomic E-state index is 12.3. The molecule has 3 heterocycles. The Morgan fingerprint density at radius 2 is 1.65 bits per heavy atom. The standard InChI is InChI=1S/C21H39N3O10SSi2/c1-13(2)36(14(3)4)29-12-17-18(33-37(34-36,15(5)6)16(7)8)19(32-35(9,27)28)20(30-17)31-23-11-10-22-21(23)24(25)26/h10-11,13-20H,12H2,1-9H3/t17-,18-,19-,20+/m1/s1. The second kappa shape index (κ2) is 11.0. The van der Waals surface area contributed by atoms with E-state index in [0.29, 0.717) is 0 Å². The van der Waals surface area contributed by atoms with E-state index in [0.717, 1.165) is 11.0 Å². The molecule has 2 aliphatic heterocycles. The van der Waals surface area contributed by atoms with E-state index in [1.165, 1.54) is 12.4 Å². The van der Waals surface area contributed by atoms with Gasteiger partial charge in [-0.05, 0) is 31.8 Å². The number of fused-ring (bicyclic) bond motifs is 1. The molecule has 2 fully saturated rings. The average molecular weight is 582 g/mol. The predicted molar refractivity (Wildman–Crippen MR) is 138 cm³/mol. The molecule has 37 heavy (non-hydrogen) atoms. The van der Waals surface area contributed by atoms with E-state index in [1.807, 2.05) is 27.7 Å². The molecule has 0 spiro atoms. The van der Waals surface area contributed by atoms with Crippen LogP contribution in [0.1, 0.15) is 55.4 Å². The summed E-state index contributed by atoms with van der Waals surface area (Å²) in [7, 11) is -9.99. The van der Waals surface area contributed by atoms with Crippen LogP contribution < -0.4 is 4.84 Å². The van der Waals surface area contributed by atoms with Crippen LogP contribution in [0.15, 0.2) is 12.4 Å². The van der Waals surface area contributed by atoms with E-state index in [-0.39, 0.29) is 28.8 Å². The van der Waals surface area contributed by atoms with Crippen molar-refractivity contribution in [3.63, 3.8) is 0 Å². The summed E-state index contributed by atoms with van der Waals surface area (Å²) < 4.78 is 57.6. The van der Waals surface area contributed by atoms with Gasteiger partial charge in [0.2, 0.25) is 0 Å². The van der Waals surface area contributed by atoms with Crippen LogP contribution in [-0.4, -0.2) is 77.6 Å². The summed E-state index contributed by atoms with van der Waals surface area (Å²) in [4.78, 5) is 20.0. The zero-order chi connectivity index (χ0) is 27.9. The largest absolute Gasteiger partial charge is 0.471 e. The quantitative estimate of drug-likeness (QED) is 0.183. The van der Waals surface area contributed by atoms with Crippen molar-refractivity contribution in [3.8, 4) is 0 Å². The topological polar surface area (TPSA) is 150 Å². The molecule has 16 heteroatoms. The smallest absolute Gasteiger partial charge is 0.414 e. The Morgan fingerprint density at radius 1 is 1.08 bits per heavy atom. The Bertz CT molecular complexity index is 1050. The first-order valence-corrected chi connectivity index (χ1v) is 18.2. The molecule has 0 radical (unpaired) electrons. The lowest BCUT2D eigenvalue weighted by Gasteiger charge is -2.51. The summed E-state index contributed by atoms with van der Waals surface area (Å²) >= 11 is 0. The molecule has 1 aromatic rings. The number of hydrogen-bond donors (Lipinski definition) is 0. The van der Waals surface area contributed by atoms with Gasteiger partial charge in [-0.3, -0.25) is 4.18 Å². The number of nitrogens with zero attached hydrogens (tertiary/aromatic N) is 3. The molecule has 0 unspecified atom stereocenters. The van der Waals surface area contributed by atoms with E-state index >= 15 is 0 Å². The molecule has 2 saturated heterocycles. The molecule has 0 N–H and O–H groups in total. The Balaban J connectivity index is 2.10. The highest BCUT2D eigenvalue weighted by Crippen LogP contribution is 2.47. The Labute approximate surface area is 220 Å². The third kappa shape index (κ3) is 5.95. The van der Waals surface area contributed by atoms with Crippen LogP contribution in [0.25, 0.3) is 0 Å². The molecule has 3 rings (SSSR count). The van der Waals surface area contributed by atoms with Crippen LogP contribution in [0, 0.1) is 10.1 Å². The molecule has 212 valence electrons. The molecule has 13 nitrogen and oxygen atoms in total. The minimum Gasteiger partial charge on any atom is -0.414 e. The molecule has 0 aromatic carbocycles. The molecule has 0 aliphatic carbocycles. The molecule has 0 amide bonds. The van der Waals surface area contributed by atoms with Crippen LogP contribution in [0.5, 0.6) is 0 Å². The van der Waals surface area contributed by atoms with E-state index in [2.05, 4.69) is 32.7 Å². The van der Waals surface area contributed by atoms with Crippen molar-refractivity contribution in [2.45, 2.75) is 102 Å². The second-order valence-electron chi connectivity index (χ2n) is 10.8. The fourth-order valence-corrected chi connectivity index (χ4v) is 16.9. The van der Waals surface area contributed by atoms with Crippen LogP contribution in [-0.2, 0) is 32.0 Å². The van der Waals surface area contributed by atoms with Gasteiger partial charge in [-0.2, -0.15) is 8.42 Å². The van der Waals surface area contributed by atoms with Crippen LogP contribution in [0.4, 0.5) is 5.95 Å². The maximum Gasteiger partial charge on any atom is 0.471 e. The lowest BCUT2D eigenvalue weighted by atomic mass is 10.1. The normalized spacial score (nSPS) is 27.9. The number of ether oxygens (including phenoxy) is 1. The molecule has 0 bridgehead atoms. The number of nitro groups is 1. The first-order chi connectivity index (χ1) is 17.0. The lowest BCUT2D eigenvalue weighted by Crippen LogP contribution is -2.66. The molecule has 1 aromatic heterocycles. The number of aromatic nitrogens is 2. The van der Waals surface area contributed by atoms with E-state index in [9.17, 15) is 18.5 Å². The Kier molecular flexibility index (Phi) is 8.95. The fraction of sp³-hybridized carbons (Fsp3) is 0.857. The van der Waals surface area contributed by atoms with Gasteiger partial charge in [0.05, 0.1) is 12.9 Å². The summed E-state index contributed by atoms with van der Waals surface area (Å²) in [6.45, 7) is 16.5. The van der Waals surface area contributed by atoms with Gasteiger partial charge in [-0.25, -0.2) is 0 Å². The zero-order valence-corrected chi connectivity index (χ0v) is 25.6.